The molecule has 2 N–H and O–H groups in total. The van der Waals surface area contributed by atoms with Gasteiger partial charge in [0.2, 0.25) is 0 Å². The summed E-state index contributed by atoms with van der Waals surface area (Å²) in [5, 5.41) is 0.727. The Balaban J connectivity index is 1.88. The van der Waals surface area contributed by atoms with Crippen LogP contribution in [0.25, 0.3) is 0 Å². The van der Waals surface area contributed by atoms with Gasteiger partial charge in [0.05, 0.1) is 18.9 Å². The number of halogens is 1. The highest BCUT2D eigenvalue weighted by Crippen LogP contribution is 2.12. The lowest BCUT2D eigenvalue weighted by Crippen LogP contribution is -2.01. The van der Waals surface area contributed by atoms with Crippen LogP contribution in [-0.4, -0.2) is 4.98 Å². The van der Waals surface area contributed by atoms with Crippen molar-refractivity contribution < 1.29 is 4.74 Å². The molecule has 0 aliphatic heterocycles. The molecule has 18 heavy (non-hydrogen) atoms. The van der Waals surface area contributed by atoms with Gasteiger partial charge in [0.15, 0.2) is 0 Å². The van der Waals surface area contributed by atoms with Crippen LogP contribution in [0.1, 0.15) is 16.8 Å². The summed E-state index contributed by atoms with van der Waals surface area (Å²) >= 11 is 5.90. The molecule has 2 aromatic rings. The summed E-state index contributed by atoms with van der Waals surface area (Å²) in [6.45, 7) is 1.53. The van der Waals surface area contributed by atoms with Gasteiger partial charge in [-0.05, 0) is 35.4 Å². The van der Waals surface area contributed by atoms with Crippen LogP contribution in [-0.2, 0) is 24.5 Å². The topological polar surface area (TPSA) is 48.1 Å². The maximum Gasteiger partial charge on any atom is 0.0722 e. The molecule has 0 unspecified atom stereocenters. The van der Waals surface area contributed by atoms with Crippen LogP contribution >= 0.6 is 11.6 Å². The Morgan fingerprint density at radius 3 is 2.61 bits per heavy atom. The van der Waals surface area contributed by atoms with Crippen LogP contribution in [0.3, 0.4) is 0 Å². The molecular weight excluding hydrogens is 248 g/mol. The number of pyridine rings is 1. The Kier molecular flexibility index (Phi) is 4.70. The van der Waals surface area contributed by atoms with Crippen molar-refractivity contribution in [2.75, 3.05) is 0 Å². The van der Waals surface area contributed by atoms with Crippen LogP contribution in [0.15, 0.2) is 42.6 Å². The first-order valence-corrected chi connectivity index (χ1v) is 6.12. The largest absolute Gasteiger partial charge is 0.372 e. The van der Waals surface area contributed by atoms with E-state index in [1.54, 1.807) is 6.20 Å². The average Bonchev–Trinajstić information content (AvgIpc) is 2.39. The summed E-state index contributed by atoms with van der Waals surface area (Å²) in [5.74, 6) is 0. The van der Waals surface area contributed by atoms with E-state index in [9.17, 15) is 0 Å². The minimum atomic E-state index is 0.447. The number of nitrogens with zero attached hydrogens (tertiary/aromatic N) is 1. The zero-order valence-corrected chi connectivity index (χ0v) is 10.7. The van der Waals surface area contributed by atoms with Gasteiger partial charge in [0.1, 0.15) is 0 Å². The molecule has 1 aromatic carbocycles. The van der Waals surface area contributed by atoms with Gasteiger partial charge in [0, 0.05) is 17.8 Å². The Labute approximate surface area is 112 Å². The second kappa shape index (κ2) is 6.50. The number of nitrogens with two attached hydrogens (primary N) is 1. The molecule has 3 nitrogen and oxygen atoms in total. The number of ether oxygens (including phenoxy) is 1. The lowest BCUT2D eigenvalue weighted by Gasteiger charge is -2.06. The minimum absolute atomic E-state index is 0.447. The van der Waals surface area contributed by atoms with Gasteiger partial charge in [-0.15, -0.1) is 0 Å². The highest BCUT2D eigenvalue weighted by molar-refractivity contribution is 6.30. The van der Waals surface area contributed by atoms with E-state index in [-0.39, 0.29) is 0 Å². The third-order valence-corrected chi connectivity index (χ3v) is 2.75. The summed E-state index contributed by atoms with van der Waals surface area (Å²) in [7, 11) is 0. The molecule has 4 heteroatoms. The number of hydrogen-bond donors (Lipinski definition) is 1. The molecule has 1 aromatic heterocycles. The van der Waals surface area contributed by atoms with E-state index < -0.39 is 0 Å². The molecule has 0 spiro atoms. The first-order valence-electron chi connectivity index (χ1n) is 5.74. The lowest BCUT2D eigenvalue weighted by molar-refractivity contribution is 0.107. The van der Waals surface area contributed by atoms with E-state index >= 15 is 0 Å². The maximum atomic E-state index is 5.90. The molecule has 0 fully saturated rings. The van der Waals surface area contributed by atoms with Gasteiger partial charge in [-0.3, -0.25) is 4.98 Å². The van der Waals surface area contributed by atoms with E-state index in [0.717, 1.165) is 21.8 Å². The van der Waals surface area contributed by atoms with Crippen molar-refractivity contribution >= 4 is 11.6 Å². The summed E-state index contributed by atoms with van der Waals surface area (Å²) in [5.41, 5.74) is 8.55. The van der Waals surface area contributed by atoms with Gasteiger partial charge in [-0.1, -0.05) is 23.7 Å². The highest BCUT2D eigenvalue weighted by atomic mass is 35.5. The van der Waals surface area contributed by atoms with Crippen molar-refractivity contribution in [3.05, 3.63) is 64.4 Å². The smallest absolute Gasteiger partial charge is 0.0722 e. The standard InChI is InChI=1S/C14H15ClN2O/c15-13-3-1-2-11(6-13)9-18-10-12-4-5-17-14(7-12)8-16/h1-7H,8-10,16H2. The van der Waals surface area contributed by atoms with E-state index in [1.165, 1.54) is 0 Å². The van der Waals surface area contributed by atoms with Crippen molar-refractivity contribution in [2.45, 2.75) is 19.8 Å². The Bertz CT molecular complexity index is 517. The number of hydrogen-bond acceptors (Lipinski definition) is 3. The number of rotatable bonds is 5. The molecule has 1 heterocycles. The van der Waals surface area contributed by atoms with Crippen molar-refractivity contribution in [3.63, 3.8) is 0 Å². The van der Waals surface area contributed by atoms with Crippen molar-refractivity contribution in [3.8, 4) is 0 Å². The highest BCUT2D eigenvalue weighted by Gasteiger charge is 1.98. The molecular formula is C14H15ClN2O. The second-order valence-corrected chi connectivity index (χ2v) is 4.42. The number of benzene rings is 1. The van der Waals surface area contributed by atoms with Crippen molar-refractivity contribution in [1.29, 1.82) is 0 Å². The van der Waals surface area contributed by atoms with Crippen LogP contribution in [0.2, 0.25) is 5.02 Å². The lowest BCUT2D eigenvalue weighted by atomic mass is 10.2. The van der Waals surface area contributed by atoms with E-state index in [0.29, 0.717) is 19.8 Å². The molecule has 0 aliphatic rings. The minimum Gasteiger partial charge on any atom is -0.372 e. The molecule has 0 amide bonds. The molecule has 94 valence electrons. The summed E-state index contributed by atoms with van der Waals surface area (Å²) in [6, 6.07) is 11.5. The summed E-state index contributed by atoms with van der Waals surface area (Å²) in [4.78, 5) is 4.14. The quantitative estimate of drug-likeness (QED) is 0.901. The Morgan fingerprint density at radius 1 is 1.11 bits per heavy atom. The monoisotopic (exact) mass is 262 g/mol. The molecule has 0 saturated heterocycles. The van der Waals surface area contributed by atoms with Crippen LogP contribution < -0.4 is 5.73 Å². The zero-order valence-electron chi connectivity index (χ0n) is 9.97. The average molecular weight is 263 g/mol. The van der Waals surface area contributed by atoms with Gasteiger partial charge in [0.25, 0.3) is 0 Å². The fourth-order valence-electron chi connectivity index (χ4n) is 1.64. The molecule has 2 rings (SSSR count). The summed E-state index contributed by atoms with van der Waals surface area (Å²) in [6.07, 6.45) is 1.75. The van der Waals surface area contributed by atoms with Crippen LogP contribution in [0.5, 0.6) is 0 Å². The van der Waals surface area contributed by atoms with E-state index in [2.05, 4.69) is 4.98 Å². The van der Waals surface area contributed by atoms with Crippen LogP contribution in [0.4, 0.5) is 0 Å². The number of aromatic nitrogens is 1. The van der Waals surface area contributed by atoms with Crippen LogP contribution in [0, 0.1) is 0 Å². The van der Waals surface area contributed by atoms with Gasteiger partial charge in [-0.25, -0.2) is 0 Å². The van der Waals surface area contributed by atoms with E-state index in [1.807, 2.05) is 36.4 Å². The predicted molar refractivity (Wildman–Crippen MR) is 72.1 cm³/mol. The molecule has 0 atom stereocenters. The van der Waals surface area contributed by atoms with Crippen molar-refractivity contribution in [1.82, 2.24) is 4.98 Å². The van der Waals surface area contributed by atoms with Gasteiger partial charge < -0.3 is 10.5 Å². The summed E-state index contributed by atoms with van der Waals surface area (Å²) < 4.78 is 5.63. The third kappa shape index (κ3) is 3.81. The zero-order chi connectivity index (χ0) is 12.8. The van der Waals surface area contributed by atoms with E-state index in [4.69, 9.17) is 22.1 Å². The van der Waals surface area contributed by atoms with Gasteiger partial charge >= 0.3 is 0 Å². The van der Waals surface area contributed by atoms with Gasteiger partial charge in [-0.2, -0.15) is 0 Å². The predicted octanol–water partition coefficient (Wildman–Crippen LogP) is 2.91. The SMILES string of the molecule is NCc1cc(COCc2cccc(Cl)c2)ccn1. The normalized spacial score (nSPS) is 10.6. The molecule has 0 saturated carbocycles. The first kappa shape index (κ1) is 13.0. The molecule has 0 radical (unpaired) electrons. The Hall–Kier alpha value is -1.42. The molecule has 0 aliphatic carbocycles. The fourth-order valence-corrected chi connectivity index (χ4v) is 1.86. The fraction of sp³-hybridized carbons (Fsp3) is 0.214. The second-order valence-electron chi connectivity index (χ2n) is 3.98. The first-order chi connectivity index (χ1) is 8.78. The maximum absolute atomic E-state index is 5.90. The third-order valence-electron chi connectivity index (χ3n) is 2.52. The van der Waals surface area contributed by atoms with Crippen molar-refractivity contribution in [2.24, 2.45) is 5.73 Å². The molecule has 0 bridgehead atoms. The Morgan fingerprint density at radius 2 is 1.89 bits per heavy atom.